The van der Waals surface area contributed by atoms with E-state index in [1.807, 2.05) is 6.92 Å². The van der Waals surface area contributed by atoms with Crippen LogP contribution in [-0.4, -0.2) is 13.4 Å². The summed E-state index contributed by atoms with van der Waals surface area (Å²) in [5.41, 5.74) is 0. The third kappa shape index (κ3) is 10.9. The summed E-state index contributed by atoms with van der Waals surface area (Å²) in [6, 6.07) is 0. The maximum Gasteiger partial charge on any atom is 0.119 e. The summed E-state index contributed by atoms with van der Waals surface area (Å²) in [5.74, 6) is 0. The van der Waals surface area contributed by atoms with E-state index in [1.54, 1.807) is 0 Å². The van der Waals surface area contributed by atoms with Gasteiger partial charge in [-0.05, 0) is 13.3 Å². The van der Waals surface area contributed by atoms with Gasteiger partial charge >= 0.3 is 0 Å². The molecular weight excluding hydrogens is 378 g/mol. The van der Waals surface area contributed by atoms with Crippen molar-refractivity contribution >= 4 is 0 Å². The van der Waals surface area contributed by atoms with E-state index in [0.29, 0.717) is 6.61 Å². The standard InChI is InChI=1S/C5H10FO2.Rf/c1-3-7-4-8-5(2)6;/h3-4H2,1-2H3;/q-1;. The number of hydrogen-bond donors (Lipinski definition) is 0. The van der Waals surface area contributed by atoms with E-state index in [9.17, 15) is 4.39 Å². The molecule has 0 radical (unpaired) electrons. The van der Waals surface area contributed by atoms with Crippen LogP contribution in [0, 0.1) is 6.36 Å². The molecule has 4 heteroatoms. The molecule has 0 saturated heterocycles. The van der Waals surface area contributed by atoms with Crippen LogP contribution in [0.5, 0.6) is 0 Å². The Labute approximate surface area is 48.6 Å². The molecule has 0 rings (SSSR count). The minimum Gasteiger partial charge on any atom is -0.497 e. The van der Waals surface area contributed by atoms with Gasteiger partial charge < -0.3 is 13.9 Å². The average Bonchev–Trinajstić information content (AvgIpc) is 1.66. The van der Waals surface area contributed by atoms with Crippen LogP contribution in [0.15, 0.2) is 0 Å². The summed E-state index contributed by atoms with van der Waals surface area (Å²) in [7, 11) is 0. The molecule has 0 saturated carbocycles. The Kier molecular flexibility index (Phi) is 8.19. The summed E-state index contributed by atoms with van der Waals surface area (Å²) in [6.07, 6.45) is -0.557. The molecule has 0 aromatic heterocycles. The Balaban J connectivity index is 0. The van der Waals surface area contributed by atoms with E-state index in [2.05, 4.69) is 9.47 Å². The van der Waals surface area contributed by atoms with E-state index in [4.69, 9.17) is 0 Å². The number of rotatable bonds is 4. The normalized spacial score (nSPS) is 9.33. The fourth-order valence-corrected chi connectivity index (χ4v) is 0.206. The van der Waals surface area contributed by atoms with Crippen LogP contribution in [0.1, 0.15) is 13.8 Å². The Morgan fingerprint density at radius 2 is 2.11 bits per heavy atom. The van der Waals surface area contributed by atoms with Crippen LogP contribution in [-0.2, 0) is 9.47 Å². The molecule has 0 spiro atoms. The zero-order valence-electron chi connectivity index (χ0n) is 5.82. The molecule has 0 amide bonds. The van der Waals surface area contributed by atoms with E-state index >= 15 is 0 Å². The smallest absolute Gasteiger partial charge is 0.119 e. The monoisotopic (exact) mass is 388 g/mol. The Morgan fingerprint density at radius 3 is 2.44 bits per heavy atom. The number of halogens is 1. The summed E-state index contributed by atoms with van der Waals surface area (Å²) < 4.78 is 20.6. The molecule has 0 aromatic carbocycles. The third-order valence-corrected chi connectivity index (χ3v) is 0.545. The first-order chi connectivity index (χ1) is 3.77. The summed E-state index contributed by atoms with van der Waals surface area (Å²) >= 11 is 0. The van der Waals surface area contributed by atoms with Crippen LogP contribution in [0.25, 0.3) is 0 Å². The van der Waals surface area contributed by atoms with E-state index < -0.39 is 6.36 Å². The maximum absolute atomic E-state index is 11.6. The van der Waals surface area contributed by atoms with Crippen molar-refractivity contribution in [1.29, 1.82) is 0 Å². The summed E-state index contributed by atoms with van der Waals surface area (Å²) in [4.78, 5) is 0. The first-order valence-electron chi connectivity index (χ1n) is 2.47. The fraction of sp³-hybridized carbons (Fsp3) is 0.800. The van der Waals surface area contributed by atoms with E-state index in [0.717, 1.165) is 0 Å². The number of hydrogen-bond acceptors (Lipinski definition) is 2. The van der Waals surface area contributed by atoms with Crippen molar-refractivity contribution in [2.45, 2.75) is 13.8 Å². The second-order valence-electron chi connectivity index (χ2n) is 1.23. The molecule has 0 heterocycles. The summed E-state index contributed by atoms with van der Waals surface area (Å²) in [6.45, 7) is 3.61. The second-order valence-corrected chi connectivity index (χ2v) is 1.23. The Bertz CT molecular complexity index is 52.2. The van der Waals surface area contributed by atoms with Gasteiger partial charge in [-0.25, -0.2) is 0 Å². The molecule has 0 aliphatic heterocycles. The van der Waals surface area contributed by atoms with Gasteiger partial charge in [-0.2, -0.15) is 0 Å². The molecule has 9 heavy (non-hydrogen) atoms. The van der Waals surface area contributed by atoms with Gasteiger partial charge in [0, 0.05) is 6.61 Å². The number of ether oxygens (including phenoxy) is 2. The van der Waals surface area contributed by atoms with Gasteiger partial charge in [0.1, 0.15) is 6.79 Å². The predicted molar refractivity (Wildman–Crippen MR) is 27.6 cm³/mol. The molecule has 52 valence electrons. The fourth-order valence-electron chi connectivity index (χ4n) is 0.206. The van der Waals surface area contributed by atoms with Crippen LogP contribution >= 0.6 is 0 Å². The zero-order chi connectivity index (χ0) is 6.41. The zero-order valence-corrected chi connectivity index (χ0v) is 12.2. The van der Waals surface area contributed by atoms with Crippen LogP contribution in [0.4, 0.5) is 4.39 Å². The summed E-state index contributed by atoms with van der Waals surface area (Å²) in [5, 5.41) is 0. The van der Waals surface area contributed by atoms with Crippen molar-refractivity contribution in [3.8, 4) is 0 Å². The maximum atomic E-state index is 11.6. The molecule has 0 aliphatic rings. The third-order valence-electron chi connectivity index (χ3n) is 0.545. The van der Waals surface area contributed by atoms with Crippen molar-refractivity contribution in [2.24, 2.45) is 0 Å². The SMILES string of the molecule is CCOCO[C-](C)F.[Rf]. The van der Waals surface area contributed by atoms with Gasteiger partial charge in [0.15, 0.2) is 0 Å². The second kappa shape index (κ2) is 6.85. The first kappa shape index (κ1) is 10.8. The Morgan fingerprint density at radius 1 is 1.56 bits per heavy atom. The van der Waals surface area contributed by atoms with Crippen molar-refractivity contribution in [1.82, 2.24) is 0 Å². The van der Waals surface area contributed by atoms with Crippen molar-refractivity contribution in [2.75, 3.05) is 13.4 Å². The van der Waals surface area contributed by atoms with E-state index in [1.165, 1.54) is 6.92 Å². The van der Waals surface area contributed by atoms with Gasteiger partial charge in [-0.3, -0.25) is 0 Å². The van der Waals surface area contributed by atoms with Crippen LogP contribution < -0.4 is 0 Å². The van der Waals surface area contributed by atoms with Crippen molar-refractivity contribution in [3.05, 3.63) is 6.36 Å². The van der Waals surface area contributed by atoms with Crippen molar-refractivity contribution in [3.63, 3.8) is 0 Å². The predicted octanol–water partition coefficient (Wildman–Crippen LogP) is 1.48. The minimum absolute atomic E-state index is 0. The molecule has 0 unspecified atom stereocenters. The molecule has 0 fully saturated rings. The molecule has 0 aromatic rings. The minimum atomic E-state index is -0.557. The van der Waals surface area contributed by atoms with E-state index in [-0.39, 0.29) is 6.79 Å². The topological polar surface area (TPSA) is 18.5 Å². The Hall–Kier alpha value is -1.15. The molecule has 0 atom stereocenters. The van der Waals surface area contributed by atoms with Gasteiger partial charge in [0.2, 0.25) is 0 Å². The molecule has 0 aliphatic carbocycles. The quantitative estimate of drug-likeness (QED) is 0.413. The first-order valence-corrected chi connectivity index (χ1v) is 2.47. The molecular formula is C5H10FO2Rf-. The van der Waals surface area contributed by atoms with Crippen LogP contribution in [0.2, 0.25) is 0 Å². The van der Waals surface area contributed by atoms with Gasteiger partial charge in [0.05, 0.1) is 0 Å². The van der Waals surface area contributed by atoms with Gasteiger partial charge in [0.25, 0.3) is 0 Å². The molecule has 0 N–H and O–H groups in total. The molecule has 2 nitrogen and oxygen atoms in total. The average molecular weight is 388 g/mol. The van der Waals surface area contributed by atoms with Crippen LogP contribution in [0.3, 0.4) is 0 Å². The van der Waals surface area contributed by atoms with Gasteiger partial charge in [-0.1, -0.05) is 0 Å². The van der Waals surface area contributed by atoms with Gasteiger partial charge in [-0.15, -0.1) is 6.92 Å². The van der Waals surface area contributed by atoms with Crippen molar-refractivity contribution < 1.29 is 13.9 Å². The largest absolute Gasteiger partial charge is 0.497 e. The molecule has 0 bridgehead atoms.